The summed E-state index contributed by atoms with van der Waals surface area (Å²) in [5, 5.41) is 0. The van der Waals surface area contributed by atoms with Crippen LogP contribution in [0, 0.1) is 7.14 Å². The second-order valence-electron chi connectivity index (χ2n) is 39.0. The molecule has 4 aliphatic heterocycles. The number of hydrogen-bond acceptors (Lipinski definition) is 4. The number of fused-ring (bicyclic) bond motifs is 16. The summed E-state index contributed by atoms with van der Waals surface area (Å²) in [7, 11) is 0. The van der Waals surface area contributed by atoms with E-state index in [4.69, 9.17) is 19.9 Å². The molecule has 4 aliphatic rings. The van der Waals surface area contributed by atoms with Gasteiger partial charge in [-0.2, -0.15) is 0 Å². The molecule has 122 heavy (non-hydrogen) atoms. The lowest BCUT2D eigenvalue weighted by Crippen LogP contribution is -2.16. The van der Waals surface area contributed by atoms with Crippen molar-refractivity contribution in [3.05, 3.63) is 329 Å². The van der Waals surface area contributed by atoms with Crippen molar-refractivity contribution in [1.29, 1.82) is 0 Å². The lowest BCUT2D eigenvalue weighted by atomic mass is 9.78. The second kappa shape index (κ2) is 32.0. The van der Waals surface area contributed by atoms with Crippen molar-refractivity contribution in [3.8, 4) is 89.0 Å². The number of halogens is 2. The molecule has 0 spiro atoms. The minimum Gasteiger partial charge on any atom is -0.354 e. The highest BCUT2D eigenvalue weighted by Gasteiger charge is 2.30. The lowest BCUT2D eigenvalue weighted by molar-refractivity contribution is 0.568. The summed E-state index contributed by atoms with van der Waals surface area (Å²) in [6.45, 7) is 41.4. The van der Waals surface area contributed by atoms with Gasteiger partial charge in [0.2, 0.25) is 0 Å². The molecular weight excluding hydrogens is 1710 g/mol. The van der Waals surface area contributed by atoms with Gasteiger partial charge in [0.25, 0.3) is 0 Å². The van der Waals surface area contributed by atoms with Gasteiger partial charge in [-0.05, 0) is 277 Å². The summed E-state index contributed by atoms with van der Waals surface area (Å²) in [6, 6.07) is 88.4. The Morgan fingerprint density at radius 3 is 0.500 bits per heavy atom. The molecule has 8 aromatic carbocycles. The summed E-state index contributed by atoms with van der Waals surface area (Å²) in [5.74, 6) is 0. The third-order valence-electron chi connectivity index (χ3n) is 23.8. The van der Waals surface area contributed by atoms with E-state index in [9.17, 15) is 0 Å². The topological polar surface area (TPSA) is 115 Å². The van der Waals surface area contributed by atoms with E-state index in [1.807, 2.05) is 0 Å². The Balaban J connectivity index is 0.000000175. The van der Waals surface area contributed by atoms with E-state index in [0.29, 0.717) is 0 Å². The summed E-state index contributed by atoms with van der Waals surface area (Å²) in [4.78, 5) is 38.0. The predicted octanol–water partition coefficient (Wildman–Crippen LogP) is 31.6. The SMILES string of the molecule is CC(C)(C)c1cc(-c2c3nc(c(-c4ccc(I)cc4)c4ccc([nH]4)c(-c4cc(C(C)(C)C)cc(C(C)(C)C)c4)c4nc(c(-c5ccccc5)c5ccc2[nH]5)C=C4)C=C3)cc(C(C)(C)C)c1.CC(C)(C)c1cc(-c2c3nc(c(-c4ccc(I)cc4)c4ccc([nH]4)c(-c4ccccc4)c4nc(c(-c5ccccc5)c5ccc2[nH]5)C=C4)C=C3)cc(C(C)(C)C)c1. The first-order valence-electron chi connectivity index (χ1n) is 42.5. The van der Waals surface area contributed by atoms with Crippen LogP contribution >= 0.6 is 45.2 Å². The van der Waals surface area contributed by atoms with Gasteiger partial charge in [0.05, 0.1) is 45.6 Å². The van der Waals surface area contributed by atoms with Crippen LogP contribution in [0.2, 0.25) is 0 Å². The Hall–Kier alpha value is -11.6. The number of aromatic amines is 4. The Morgan fingerprint density at radius 2 is 0.336 bits per heavy atom. The number of nitrogens with zero attached hydrogens (tertiary/aromatic N) is 4. The normalized spacial score (nSPS) is 13.0. The van der Waals surface area contributed by atoms with Crippen LogP contribution in [0.3, 0.4) is 0 Å². The van der Waals surface area contributed by atoms with Crippen LogP contribution in [-0.2, 0) is 32.5 Å². The Kier molecular flexibility index (Phi) is 21.7. The summed E-state index contributed by atoms with van der Waals surface area (Å²) in [5.41, 5.74) is 40.0. The maximum absolute atomic E-state index is 5.63. The molecule has 0 amide bonds. The monoisotopic (exact) mass is 1820 g/mol. The molecule has 0 atom stereocenters. The third kappa shape index (κ3) is 16.9. The van der Waals surface area contributed by atoms with Crippen molar-refractivity contribution in [2.45, 2.75) is 157 Å². The fraction of sp³-hybridized carbons (Fsp3) is 0.214. The van der Waals surface area contributed by atoms with Gasteiger partial charge in [-0.3, -0.25) is 0 Å². The van der Waals surface area contributed by atoms with E-state index in [-0.39, 0.29) is 32.5 Å². The number of benzene rings is 8. The maximum atomic E-state index is 5.63. The number of nitrogens with one attached hydrogen (secondary N) is 4. The number of rotatable bonds is 8. The van der Waals surface area contributed by atoms with Gasteiger partial charge < -0.3 is 19.9 Å². The molecule has 8 nitrogen and oxygen atoms in total. The molecule has 0 aliphatic carbocycles. The molecule has 0 unspecified atom stereocenters. The van der Waals surface area contributed by atoms with Crippen LogP contribution in [0.4, 0.5) is 0 Å². The highest BCUT2D eigenvalue weighted by Crippen LogP contribution is 2.46. The van der Waals surface area contributed by atoms with Gasteiger partial charge in [-0.15, -0.1) is 0 Å². The van der Waals surface area contributed by atoms with Crippen molar-refractivity contribution < 1.29 is 0 Å². The van der Waals surface area contributed by atoms with Crippen LogP contribution < -0.4 is 0 Å². The van der Waals surface area contributed by atoms with Crippen molar-refractivity contribution in [3.63, 3.8) is 0 Å². The van der Waals surface area contributed by atoms with Crippen molar-refractivity contribution in [2.75, 3.05) is 0 Å². The first kappa shape index (κ1) is 82.7. The summed E-state index contributed by atoms with van der Waals surface area (Å²) in [6.07, 6.45) is 17.5. The smallest absolute Gasteiger partial charge is 0.0737 e. The Labute approximate surface area is 746 Å². The first-order valence-corrected chi connectivity index (χ1v) is 44.7. The number of H-pyrrole nitrogens is 4. The fourth-order valence-corrected chi connectivity index (χ4v) is 17.5. The van der Waals surface area contributed by atoms with Crippen LogP contribution in [0.25, 0.3) is 182 Å². The molecule has 10 heteroatoms. The quantitative estimate of drug-likeness (QED) is 0.113. The molecule has 4 N–H and O–H groups in total. The molecule has 16 bridgehead atoms. The molecular formula is C112H106I2N8. The average Bonchev–Trinajstić information content (AvgIpc) is 1.58. The second-order valence-corrected chi connectivity index (χ2v) is 41.5. The molecule has 0 fully saturated rings. The van der Waals surface area contributed by atoms with Crippen LogP contribution in [0.15, 0.2) is 243 Å². The average molecular weight is 1820 g/mol. The van der Waals surface area contributed by atoms with Crippen molar-refractivity contribution >= 4 is 138 Å². The molecule has 608 valence electrons. The first-order chi connectivity index (χ1) is 58.0. The predicted molar refractivity (Wildman–Crippen MR) is 539 cm³/mol. The minimum absolute atomic E-state index is 0.0531. The van der Waals surface area contributed by atoms with E-state index in [0.717, 1.165) is 179 Å². The fourth-order valence-electron chi connectivity index (χ4n) is 16.8. The van der Waals surface area contributed by atoms with Crippen molar-refractivity contribution in [1.82, 2.24) is 39.9 Å². The lowest BCUT2D eigenvalue weighted by Gasteiger charge is -2.26. The molecule has 14 aromatic rings. The van der Waals surface area contributed by atoms with Crippen LogP contribution in [-0.4, -0.2) is 39.9 Å². The van der Waals surface area contributed by atoms with Gasteiger partial charge >= 0.3 is 0 Å². The van der Waals surface area contributed by atoms with E-state index in [2.05, 4.69) is 481 Å². The van der Waals surface area contributed by atoms with Gasteiger partial charge in [0, 0.05) is 95.8 Å². The largest absolute Gasteiger partial charge is 0.354 e. The van der Waals surface area contributed by atoms with Gasteiger partial charge in [0.15, 0.2) is 0 Å². The molecule has 0 radical (unpaired) electrons. The minimum atomic E-state index is -0.0643. The maximum Gasteiger partial charge on any atom is 0.0737 e. The molecule has 0 saturated heterocycles. The number of aromatic nitrogens is 8. The molecule has 6 aromatic heterocycles. The highest BCUT2D eigenvalue weighted by atomic mass is 127. The van der Waals surface area contributed by atoms with Crippen LogP contribution in [0.5, 0.6) is 0 Å². The summed E-state index contributed by atoms with van der Waals surface area (Å²) < 4.78 is 2.37. The Morgan fingerprint density at radius 1 is 0.180 bits per heavy atom. The zero-order valence-corrected chi connectivity index (χ0v) is 77.6. The standard InChI is InChI=1S/C60H61IN4.C52H45IN4/c1-57(2,3)40-30-38(31-41(34-40)58(4,5)6)55-49-26-22-45(62-49)53(36-16-14-13-15-17-36)46-23-27-50(63-46)56(39-32-42(59(7,8)9)35-43(33-39)60(10,11)12)52-29-25-48(65-52)54(47-24-28-51(55)64-47)37-18-20-44(61)21-19-37;1-51(2,3)36-29-35(30-37(31-36)52(4,5)6)50-45-27-25-42(56-45)48(33-15-11-8-12-16-33)40-22-21-39(54-40)47(32-13-9-7-10-14-32)41-23-24-43(55-41)49(44-26-28-46(50)57-44)34-17-19-38(53)20-18-34/h13-35,62,65H,1-12H3;7-31,55-56H,1-6H3. The summed E-state index contributed by atoms with van der Waals surface area (Å²) >= 11 is 4.77. The van der Waals surface area contributed by atoms with Gasteiger partial charge in [0.1, 0.15) is 0 Å². The molecule has 0 saturated carbocycles. The zero-order valence-electron chi connectivity index (χ0n) is 73.3. The highest BCUT2D eigenvalue weighted by molar-refractivity contribution is 14.1. The zero-order chi connectivity index (χ0) is 85.7. The number of hydrogen-bond donors (Lipinski definition) is 4. The van der Waals surface area contributed by atoms with E-state index < -0.39 is 0 Å². The van der Waals surface area contributed by atoms with Gasteiger partial charge in [-0.1, -0.05) is 294 Å². The Bertz CT molecular complexity index is 6790. The molecule has 10 heterocycles. The van der Waals surface area contributed by atoms with E-state index >= 15 is 0 Å². The van der Waals surface area contributed by atoms with E-state index in [1.165, 1.54) is 40.5 Å². The van der Waals surface area contributed by atoms with Crippen LogP contribution in [0.1, 0.15) is 204 Å². The third-order valence-corrected chi connectivity index (χ3v) is 25.3. The van der Waals surface area contributed by atoms with Crippen molar-refractivity contribution in [2.24, 2.45) is 0 Å². The van der Waals surface area contributed by atoms with E-state index in [1.54, 1.807) is 0 Å². The van der Waals surface area contributed by atoms with Gasteiger partial charge in [-0.25, -0.2) is 19.9 Å². The molecule has 18 rings (SSSR count).